The first-order valence-corrected chi connectivity index (χ1v) is 5.86. The van der Waals surface area contributed by atoms with Crippen LogP contribution in [0.4, 0.5) is 11.4 Å². The number of amides is 1. The van der Waals surface area contributed by atoms with E-state index in [1.54, 1.807) is 36.4 Å². The van der Waals surface area contributed by atoms with Crippen molar-refractivity contribution in [1.82, 2.24) is 0 Å². The van der Waals surface area contributed by atoms with Gasteiger partial charge in [0.25, 0.3) is 5.91 Å². The number of hydrogen-bond acceptors (Lipinski definition) is 2. The predicted molar refractivity (Wildman–Crippen MR) is 75.0 cm³/mol. The van der Waals surface area contributed by atoms with E-state index in [-0.39, 0.29) is 5.91 Å². The van der Waals surface area contributed by atoms with Crippen LogP contribution in [0.3, 0.4) is 0 Å². The van der Waals surface area contributed by atoms with Crippen LogP contribution in [0.5, 0.6) is 0 Å². The first-order chi connectivity index (χ1) is 8.54. The van der Waals surface area contributed by atoms with E-state index < -0.39 is 0 Å². The van der Waals surface area contributed by atoms with Crippen LogP contribution in [0.25, 0.3) is 0 Å². The van der Waals surface area contributed by atoms with E-state index in [2.05, 4.69) is 5.32 Å². The largest absolute Gasteiger partial charge is 0.399 e. The lowest BCUT2D eigenvalue weighted by Gasteiger charge is -2.06. The highest BCUT2D eigenvalue weighted by Gasteiger charge is 2.07. The number of aryl methyl sites for hydroxylation is 1. The molecule has 0 saturated carbocycles. The molecule has 2 rings (SSSR count). The van der Waals surface area contributed by atoms with Crippen molar-refractivity contribution in [3.63, 3.8) is 0 Å². The van der Waals surface area contributed by atoms with Gasteiger partial charge in [-0.25, -0.2) is 0 Å². The molecule has 0 saturated heterocycles. The summed E-state index contributed by atoms with van der Waals surface area (Å²) < 4.78 is 0. The number of nitrogens with one attached hydrogen (secondary N) is 1. The Kier molecular flexibility index (Phi) is 3.53. The van der Waals surface area contributed by atoms with Crippen LogP contribution in [0.1, 0.15) is 15.9 Å². The summed E-state index contributed by atoms with van der Waals surface area (Å²) in [7, 11) is 0. The maximum atomic E-state index is 12.0. The molecule has 0 aromatic heterocycles. The van der Waals surface area contributed by atoms with E-state index >= 15 is 0 Å². The summed E-state index contributed by atoms with van der Waals surface area (Å²) >= 11 is 5.92. The van der Waals surface area contributed by atoms with Gasteiger partial charge in [-0.3, -0.25) is 4.79 Å². The van der Waals surface area contributed by atoms with E-state index in [9.17, 15) is 4.79 Å². The Labute approximate surface area is 111 Å². The van der Waals surface area contributed by atoms with Crippen molar-refractivity contribution in [2.75, 3.05) is 11.1 Å². The van der Waals surface area contributed by atoms with Crippen LogP contribution in [-0.4, -0.2) is 5.91 Å². The summed E-state index contributed by atoms with van der Waals surface area (Å²) in [5.41, 5.74) is 8.43. The molecule has 0 unspecified atom stereocenters. The zero-order valence-electron chi connectivity index (χ0n) is 9.91. The maximum absolute atomic E-state index is 12.0. The summed E-state index contributed by atoms with van der Waals surface area (Å²) in [4.78, 5) is 12.0. The third-order valence-electron chi connectivity index (χ3n) is 2.47. The van der Waals surface area contributed by atoms with E-state index in [4.69, 9.17) is 17.3 Å². The Bertz CT molecular complexity index is 559. The van der Waals surface area contributed by atoms with Gasteiger partial charge in [-0.05, 0) is 55.0 Å². The summed E-state index contributed by atoms with van der Waals surface area (Å²) in [5.74, 6) is -0.189. The van der Waals surface area contributed by atoms with E-state index in [0.717, 1.165) is 5.56 Å². The monoisotopic (exact) mass is 260 g/mol. The first-order valence-electron chi connectivity index (χ1n) is 5.49. The van der Waals surface area contributed by atoms with Gasteiger partial charge in [0.05, 0.1) is 0 Å². The van der Waals surface area contributed by atoms with Crippen molar-refractivity contribution in [1.29, 1.82) is 0 Å². The Morgan fingerprint density at radius 1 is 1.17 bits per heavy atom. The number of halogens is 1. The minimum absolute atomic E-state index is 0.189. The number of hydrogen-bond donors (Lipinski definition) is 2. The molecule has 0 radical (unpaired) electrons. The number of nitrogen functional groups attached to an aromatic ring is 1. The highest BCUT2D eigenvalue weighted by Crippen LogP contribution is 2.17. The van der Waals surface area contributed by atoms with Crippen LogP contribution in [0, 0.1) is 6.92 Å². The number of carbonyl (C=O) groups excluding carboxylic acids is 1. The number of carbonyl (C=O) groups is 1. The van der Waals surface area contributed by atoms with Crippen molar-refractivity contribution >= 4 is 28.9 Å². The molecule has 4 heteroatoms. The first kappa shape index (κ1) is 12.5. The van der Waals surface area contributed by atoms with E-state index in [1.807, 2.05) is 13.0 Å². The Morgan fingerprint density at radius 3 is 2.44 bits per heavy atom. The van der Waals surface area contributed by atoms with Crippen molar-refractivity contribution < 1.29 is 4.79 Å². The van der Waals surface area contributed by atoms with Gasteiger partial charge in [-0.2, -0.15) is 0 Å². The van der Waals surface area contributed by atoms with Crippen LogP contribution in [0.2, 0.25) is 5.02 Å². The van der Waals surface area contributed by atoms with Gasteiger partial charge in [0.1, 0.15) is 0 Å². The van der Waals surface area contributed by atoms with Crippen molar-refractivity contribution in [2.45, 2.75) is 6.92 Å². The fourth-order valence-corrected chi connectivity index (χ4v) is 1.93. The fourth-order valence-electron chi connectivity index (χ4n) is 1.64. The molecule has 0 fully saturated rings. The second kappa shape index (κ2) is 5.10. The lowest BCUT2D eigenvalue weighted by Crippen LogP contribution is -2.12. The Balaban J connectivity index is 2.19. The Morgan fingerprint density at radius 2 is 1.83 bits per heavy atom. The summed E-state index contributed by atoms with van der Waals surface area (Å²) in [6.45, 7) is 1.89. The van der Waals surface area contributed by atoms with Gasteiger partial charge >= 0.3 is 0 Å². The van der Waals surface area contributed by atoms with E-state index in [0.29, 0.717) is 22.0 Å². The molecular weight excluding hydrogens is 248 g/mol. The average molecular weight is 261 g/mol. The number of benzene rings is 2. The molecule has 0 aliphatic rings. The second-order valence-corrected chi connectivity index (χ2v) is 4.53. The lowest BCUT2D eigenvalue weighted by atomic mass is 10.1. The smallest absolute Gasteiger partial charge is 0.255 e. The molecule has 0 aliphatic heterocycles. The average Bonchev–Trinajstić information content (AvgIpc) is 2.31. The van der Waals surface area contributed by atoms with Crippen molar-refractivity contribution in [3.8, 4) is 0 Å². The summed E-state index contributed by atoms with van der Waals surface area (Å²) in [6.07, 6.45) is 0. The number of anilines is 2. The fraction of sp³-hybridized carbons (Fsp3) is 0.0714. The standard InChI is InChI=1S/C14H13ClN2O/c1-9-6-10(8-11(15)7-9)14(18)17-13-4-2-12(16)3-5-13/h2-8H,16H2,1H3,(H,17,18). The third-order valence-corrected chi connectivity index (χ3v) is 2.69. The van der Waals surface area contributed by atoms with Crippen LogP contribution >= 0.6 is 11.6 Å². The zero-order valence-corrected chi connectivity index (χ0v) is 10.7. The molecule has 18 heavy (non-hydrogen) atoms. The van der Waals surface area contributed by atoms with Gasteiger partial charge in [-0.1, -0.05) is 11.6 Å². The molecule has 0 atom stereocenters. The lowest BCUT2D eigenvalue weighted by molar-refractivity contribution is 0.102. The third kappa shape index (κ3) is 3.02. The minimum atomic E-state index is -0.189. The highest BCUT2D eigenvalue weighted by atomic mass is 35.5. The molecule has 0 heterocycles. The quantitative estimate of drug-likeness (QED) is 0.812. The molecule has 92 valence electrons. The molecule has 2 aromatic rings. The SMILES string of the molecule is Cc1cc(Cl)cc(C(=O)Nc2ccc(N)cc2)c1. The maximum Gasteiger partial charge on any atom is 0.255 e. The van der Waals surface area contributed by atoms with E-state index in [1.165, 1.54) is 0 Å². The molecular formula is C14H13ClN2O. The van der Waals surface area contributed by atoms with Crippen molar-refractivity contribution in [2.24, 2.45) is 0 Å². The minimum Gasteiger partial charge on any atom is -0.399 e. The molecule has 2 aromatic carbocycles. The van der Waals surface area contributed by atoms with Crippen LogP contribution in [-0.2, 0) is 0 Å². The normalized spacial score (nSPS) is 10.1. The molecule has 3 N–H and O–H groups in total. The molecule has 0 aliphatic carbocycles. The zero-order chi connectivity index (χ0) is 13.1. The summed E-state index contributed by atoms with van der Waals surface area (Å²) in [6, 6.07) is 12.2. The van der Waals surface area contributed by atoms with Gasteiger partial charge in [0, 0.05) is 22.0 Å². The molecule has 3 nitrogen and oxygen atoms in total. The molecule has 1 amide bonds. The van der Waals surface area contributed by atoms with Gasteiger partial charge in [0.15, 0.2) is 0 Å². The predicted octanol–water partition coefficient (Wildman–Crippen LogP) is 3.48. The number of nitrogens with two attached hydrogens (primary N) is 1. The van der Waals surface area contributed by atoms with Crippen molar-refractivity contribution in [3.05, 3.63) is 58.6 Å². The molecule has 0 bridgehead atoms. The van der Waals surface area contributed by atoms with Gasteiger partial charge in [-0.15, -0.1) is 0 Å². The number of rotatable bonds is 2. The topological polar surface area (TPSA) is 55.1 Å². The second-order valence-electron chi connectivity index (χ2n) is 4.09. The highest BCUT2D eigenvalue weighted by molar-refractivity contribution is 6.31. The summed E-state index contributed by atoms with van der Waals surface area (Å²) in [5, 5.41) is 3.34. The molecule has 0 spiro atoms. The van der Waals surface area contributed by atoms with Gasteiger partial charge in [0.2, 0.25) is 0 Å². The van der Waals surface area contributed by atoms with Crippen LogP contribution in [0.15, 0.2) is 42.5 Å². The van der Waals surface area contributed by atoms with Crippen LogP contribution < -0.4 is 11.1 Å². The van der Waals surface area contributed by atoms with Gasteiger partial charge < -0.3 is 11.1 Å². The Hall–Kier alpha value is -2.00.